The van der Waals surface area contributed by atoms with Crippen LogP contribution in [0.25, 0.3) is 0 Å². The molecule has 3 N–H and O–H groups in total. The highest BCUT2D eigenvalue weighted by molar-refractivity contribution is 9.10. The number of carbonyl (C=O) groups is 3. The van der Waals surface area contributed by atoms with Gasteiger partial charge in [-0.1, -0.05) is 0 Å². The van der Waals surface area contributed by atoms with Crippen molar-refractivity contribution in [1.29, 1.82) is 0 Å². The van der Waals surface area contributed by atoms with E-state index in [-0.39, 0.29) is 5.56 Å². The van der Waals surface area contributed by atoms with Gasteiger partial charge in [0.15, 0.2) is 6.10 Å². The van der Waals surface area contributed by atoms with Crippen molar-refractivity contribution >= 4 is 33.8 Å². The van der Waals surface area contributed by atoms with E-state index in [1.54, 1.807) is 6.92 Å². The van der Waals surface area contributed by atoms with E-state index in [0.717, 1.165) is 0 Å². The molecule has 0 spiro atoms. The van der Waals surface area contributed by atoms with E-state index in [1.165, 1.54) is 25.1 Å². The molecule has 1 aromatic rings. The molecule has 21 heavy (non-hydrogen) atoms. The number of carbonyl (C=O) groups excluding carboxylic acids is 2. The van der Waals surface area contributed by atoms with Crippen LogP contribution in [0.4, 0.5) is 4.79 Å². The van der Waals surface area contributed by atoms with E-state index in [9.17, 15) is 14.4 Å². The van der Waals surface area contributed by atoms with Crippen molar-refractivity contribution in [2.24, 2.45) is 0 Å². The Hall–Kier alpha value is -2.09. The summed E-state index contributed by atoms with van der Waals surface area (Å²) in [5, 5.41) is 13.4. The maximum Gasteiger partial charge on any atom is 0.335 e. The Labute approximate surface area is 129 Å². The SMILES string of the molecule is CCNC(=O)NC(=O)C(C)Oc1ccc(C(=O)O)cc1Br. The number of rotatable bonds is 5. The van der Waals surface area contributed by atoms with Crippen molar-refractivity contribution < 1.29 is 24.2 Å². The van der Waals surface area contributed by atoms with Crippen LogP contribution in [-0.4, -0.2) is 35.7 Å². The molecule has 1 unspecified atom stereocenters. The zero-order valence-electron chi connectivity index (χ0n) is 11.5. The number of halogens is 1. The molecule has 0 radical (unpaired) electrons. The molecule has 0 saturated heterocycles. The maximum atomic E-state index is 11.7. The first-order valence-electron chi connectivity index (χ1n) is 6.13. The summed E-state index contributed by atoms with van der Waals surface area (Å²) in [7, 11) is 0. The fraction of sp³-hybridized carbons (Fsp3) is 0.308. The Morgan fingerprint density at radius 1 is 1.38 bits per heavy atom. The normalized spacial score (nSPS) is 11.4. The van der Waals surface area contributed by atoms with Crippen LogP contribution in [0.15, 0.2) is 22.7 Å². The van der Waals surface area contributed by atoms with Crippen LogP contribution >= 0.6 is 15.9 Å². The number of imide groups is 1. The monoisotopic (exact) mass is 358 g/mol. The lowest BCUT2D eigenvalue weighted by Crippen LogP contribution is -2.45. The van der Waals surface area contributed by atoms with Gasteiger partial charge in [0.2, 0.25) is 0 Å². The summed E-state index contributed by atoms with van der Waals surface area (Å²) in [6.45, 7) is 3.60. The van der Waals surface area contributed by atoms with Crippen LogP contribution < -0.4 is 15.4 Å². The largest absolute Gasteiger partial charge is 0.480 e. The summed E-state index contributed by atoms with van der Waals surface area (Å²) in [6.07, 6.45) is -0.917. The minimum Gasteiger partial charge on any atom is -0.480 e. The van der Waals surface area contributed by atoms with Gasteiger partial charge in [-0.2, -0.15) is 0 Å². The van der Waals surface area contributed by atoms with Gasteiger partial charge in [-0.25, -0.2) is 9.59 Å². The molecule has 0 aliphatic heterocycles. The third-order valence-corrected chi connectivity index (χ3v) is 3.05. The van der Waals surface area contributed by atoms with Crippen molar-refractivity contribution in [3.8, 4) is 5.75 Å². The Morgan fingerprint density at radius 3 is 2.57 bits per heavy atom. The number of carboxylic acids is 1. The number of hydrogen-bond donors (Lipinski definition) is 3. The number of ether oxygens (including phenoxy) is 1. The predicted molar refractivity (Wildman–Crippen MR) is 78.4 cm³/mol. The number of nitrogens with one attached hydrogen (secondary N) is 2. The van der Waals surface area contributed by atoms with Crippen molar-refractivity contribution in [1.82, 2.24) is 10.6 Å². The minimum atomic E-state index is -1.07. The minimum absolute atomic E-state index is 0.0913. The lowest BCUT2D eigenvalue weighted by Gasteiger charge is -2.15. The average Bonchev–Trinajstić information content (AvgIpc) is 2.40. The highest BCUT2D eigenvalue weighted by Gasteiger charge is 2.18. The lowest BCUT2D eigenvalue weighted by molar-refractivity contribution is -0.126. The molecule has 8 heteroatoms. The third kappa shape index (κ3) is 5.07. The van der Waals surface area contributed by atoms with Gasteiger partial charge in [-0.3, -0.25) is 10.1 Å². The molecular formula is C13H15BrN2O5. The van der Waals surface area contributed by atoms with E-state index in [1.807, 2.05) is 0 Å². The molecular weight excluding hydrogens is 344 g/mol. The van der Waals surface area contributed by atoms with Crippen LogP contribution in [0.3, 0.4) is 0 Å². The van der Waals surface area contributed by atoms with Gasteiger partial charge in [0.05, 0.1) is 10.0 Å². The first kappa shape index (κ1) is 17.0. The van der Waals surface area contributed by atoms with Crippen LogP contribution in [0, 0.1) is 0 Å². The molecule has 114 valence electrons. The van der Waals surface area contributed by atoms with Crippen LogP contribution in [-0.2, 0) is 4.79 Å². The predicted octanol–water partition coefficient (Wildman–Crippen LogP) is 1.76. The Bertz CT molecular complexity index is 561. The standard InChI is InChI=1S/C13H15BrN2O5/c1-3-15-13(20)16-11(17)7(2)21-10-5-4-8(12(18)19)6-9(10)14/h4-7H,3H2,1-2H3,(H,18,19)(H2,15,16,17,20). The van der Waals surface area contributed by atoms with E-state index in [0.29, 0.717) is 16.8 Å². The average molecular weight is 359 g/mol. The topological polar surface area (TPSA) is 105 Å². The van der Waals surface area contributed by atoms with Crippen LogP contribution in [0.2, 0.25) is 0 Å². The summed E-state index contributed by atoms with van der Waals surface area (Å²) >= 11 is 3.17. The Morgan fingerprint density at radius 2 is 2.05 bits per heavy atom. The first-order valence-corrected chi connectivity index (χ1v) is 6.92. The maximum absolute atomic E-state index is 11.7. The fourth-order valence-electron chi connectivity index (χ4n) is 1.39. The van der Waals surface area contributed by atoms with Gasteiger partial charge < -0.3 is 15.2 Å². The van der Waals surface area contributed by atoms with Crippen molar-refractivity contribution in [2.75, 3.05) is 6.54 Å². The van der Waals surface area contributed by atoms with Crippen molar-refractivity contribution in [3.05, 3.63) is 28.2 Å². The summed E-state index contributed by atoms with van der Waals surface area (Å²) in [5.41, 5.74) is 0.0913. The highest BCUT2D eigenvalue weighted by Crippen LogP contribution is 2.27. The van der Waals surface area contributed by atoms with Gasteiger partial charge in [0.1, 0.15) is 5.75 Å². The van der Waals surface area contributed by atoms with Crippen LogP contribution in [0.1, 0.15) is 24.2 Å². The van der Waals surface area contributed by atoms with Gasteiger partial charge in [0, 0.05) is 6.54 Å². The Kier molecular flexibility index (Phi) is 6.16. The van der Waals surface area contributed by atoms with Gasteiger partial charge in [0.25, 0.3) is 5.91 Å². The summed E-state index contributed by atoms with van der Waals surface area (Å²) in [6, 6.07) is 3.56. The highest BCUT2D eigenvalue weighted by atomic mass is 79.9. The second kappa shape index (κ2) is 7.63. The summed E-state index contributed by atoms with van der Waals surface area (Å²) in [5.74, 6) is -1.36. The van der Waals surface area contributed by atoms with Gasteiger partial charge in [-0.05, 0) is 48.0 Å². The third-order valence-electron chi connectivity index (χ3n) is 2.43. The molecule has 1 atom stereocenters. The molecule has 1 aromatic carbocycles. The van der Waals surface area contributed by atoms with Gasteiger partial charge in [-0.15, -0.1) is 0 Å². The first-order chi connectivity index (χ1) is 9.85. The molecule has 0 aliphatic carbocycles. The van der Waals surface area contributed by atoms with Crippen molar-refractivity contribution in [2.45, 2.75) is 20.0 Å². The van der Waals surface area contributed by atoms with Crippen LogP contribution in [0.5, 0.6) is 5.75 Å². The number of hydrogen-bond acceptors (Lipinski definition) is 4. The fourth-order valence-corrected chi connectivity index (χ4v) is 1.86. The summed E-state index contributed by atoms with van der Waals surface area (Å²) < 4.78 is 5.79. The zero-order chi connectivity index (χ0) is 16.0. The van der Waals surface area contributed by atoms with E-state index >= 15 is 0 Å². The molecule has 0 saturated carbocycles. The number of aromatic carboxylic acids is 1. The lowest BCUT2D eigenvalue weighted by atomic mass is 10.2. The van der Waals surface area contributed by atoms with E-state index in [4.69, 9.17) is 9.84 Å². The second-order valence-electron chi connectivity index (χ2n) is 4.06. The number of amides is 3. The molecule has 0 aliphatic rings. The number of benzene rings is 1. The van der Waals surface area contributed by atoms with Crippen molar-refractivity contribution in [3.63, 3.8) is 0 Å². The molecule has 0 bridgehead atoms. The summed E-state index contributed by atoms with van der Waals surface area (Å²) in [4.78, 5) is 33.7. The number of urea groups is 1. The quantitative estimate of drug-likeness (QED) is 0.743. The van der Waals surface area contributed by atoms with E-state index in [2.05, 4.69) is 26.6 Å². The second-order valence-corrected chi connectivity index (χ2v) is 4.91. The molecule has 7 nitrogen and oxygen atoms in total. The molecule has 0 fully saturated rings. The zero-order valence-corrected chi connectivity index (χ0v) is 13.1. The number of carboxylic acid groups (broad SMARTS) is 1. The molecule has 0 aromatic heterocycles. The molecule has 3 amide bonds. The van der Waals surface area contributed by atoms with E-state index < -0.39 is 24.0 Å². The Balaban J connectivity index is 2.70. The van der Waals surface area contributed by atoms with Gasteiger partial charge >= 0.3 is 12.0 Å². The smallest absolute Gasteiger partial charge is 0.335 e. The molecule has 1 rings (SSSR count). The molecule has 0 heterocycles.